The van der Waals surface area contributed by atoms with Crippen molar-refractivity contribution in [1.82, 2.24) is 25.2 Å². The Labute approximate surface area is 554 Å². The summed E-state index contributed by atoms with van der Waals surface area (Å²) in [7, 11) is -14.6. The third-order valence-corrected chi connectivity index (χ3v) is 23.6. The predicted octanol–water partition coefficient (Wildman–Crippen LogP) is 6.17. The molecule has 0 saturated carbocycles. The molecule has 0 aromatic heterocycles. The van der Waals surface area contributed by atoms with Crippen LogP contribution in [0.5, 0.6) is 17.2 Å². The topological polar surface area (TPSA) is 381 Å². The summed E-state index contributed by atoms with van der Waals surface area (Å²) in [6, 6.07) is 22.1. The molecule has 1 saturated heterocycles. The summed E-state index contributed by atoms with van der Waals surface area (Å²) in [5.74, 6) is -3.14. The smallest absolute Gasteiger partial charge is 0.339 e. The molecule has 1 atom stereocenters. The van der Waals surface area contributed by atoms with Gasteiger partial charge in [-0.1, -0.05) is 68.1 Å². The van der Waals surface area contributed by atoms with E-state index in [1.165, 1.54) is 65.6 Å². The zero-order valence-corrected chi connectivity index (χ0v) is 57.3. The molecule has 1 fully saturated rings. The number of piperazine rings is 1. The normalized spacial score (nSPS) is 14.0. The number of phenols is 1. The Morgan fingerprint density at radius 3 is 1.56 bits per heavy atom. The number of carbonyl (C=O) groups is 5. The van der Waals surface area contributed by atoms with Crippen LogP contribution in [0.4, 0.5) is 0 Å². The Bertz CT molecular complexity index is 5330. The molecule has 1 aliphatic heterocycles. The molecule has 0 aliphatic carbocycles. The summed E-state index contributed by atoms with van der Waals surface area (Å²) in [6.45, 7) is 7.14. The molecule has 95 heavy (non-hydrogen) atoms. The van der Waals surface area contributed by atoms with Crippen LogP contribution in [-0.2, 0) is 86.6 Å². The molecule has 1 heterocycles. The summed E-state index contributed by atoms with van der Waals surface area (Å²) >= 11 is 0. The fourth-order valence-electron chi connectivity index (χ4n) is 11.1. The second-order valence-corrected chi connectivity index (χ2v) is 34.5. The van der Waals surface area contributed by atoms with Gasteiger partial charge in [-0.3, -0.25) is 24.0 Å². The molecular weight excluding hydrogens is 1400 g/mol. The zero-order valence-electron chi connectivity index (χ0n) is 50.9. The number of carbonyl (C=O) groups excluding carboxylic acids is 5. The number of amides is 4. The maximum absolute atomic E-state index is 14.3. The van der Waals surface area contributed by atoms with E-state index in [0.29, 0.717) is 18.5 Å². The van der Waals surface area contributed by atoms with Gasteiger partial charge in [-0.2, -0.15) is 12.7 Å². The Morgan fingerprint density at radius 2 is 1.04 bits per heavy atom. The molecule has 0 spiro atoms. The lowest BCUT2D eigenvalue weighted by molar-refractivity contribution is -0.140. The van der Waals surface area contributed by atoms with Crippen molar-refractivity contribution in [2.24, 2.45) is 0 Å². The van der Waals surface area contributed by atoms with E-state index in [4.69, 9.17) is 35.0 Å². The summed E-state index contributed by atoms with van der Waals surface area (Å²) in [5, 5.41) is 20.2. The third kappa shape index (κ3) is 15.0. The number of hydrogen-bond acceptors (Lipinski definition) is 21. The minimum absolute atomic E-state index is 0.00414. The molecular formula is C61H59Cl2N5O21S6. The zero-order chi connectivity index (χ0) is 69.7. The van der Waals surface area contributed by atoms with Gasteiger partial charge in [0, 0.05) is 156 Å². The number of aromatic hydroxyl groups is 1. The van der Waals surface area contributed by atoms with E-state index < -0.39 is 116 Å². The predicted molar refractivity (Wildman–Crippen MR) is 354 cm³/mol. The van der Waals surface area contributed by atoms with Gasteiger partial charge in [-0.15, -0.1) is 0 Å². The molecule has 10 rings (SSSR count). The molecule has 0 radical (unpaired) electrons. The van der Waals surface area contributed by atoms with Crippen LogP contribution in [0.2, 0.25) is 0 Å². The summed E-state index contributed by atoms with van der Waals surface area (Å²) < 4.78 is 174. The lowest BCUT2D eigenvalue weighted by Gasteiger charge is -2.34. The second-order valence-electron chi connectivity index (χ2n) is 22.0. The number of phenolic OH excluding ortho intramolecular Hbond substituents is 1. The van der Waals surface area contributed by atoms with Crippen molar-refractivity contribution in [2.45, 2.75) is 69.0 Å². The van der Waals surface area contributed by atoms with Gasteiger partial charge in [0.15, 0.2) is 19.7 Å². The number of rotatable bonds is 22. The van der Waals surface area contributed by atoms with Crippen LogP contribution in [0.15, 0.2) is 145 Å². The first-order valence-electron chi connectivity index (χ1n) is 28.4. The largest absolute Gasteiger partial charge is 0.507 e. The van der Waals surface area contributed by atoms with E-state index in [1.54, 1.807) is 32.0 Å². The molecule has 0 bridgehead atoms. The quantitative estimate of drug-likeness (QED) is 0.0112. The molecule has 34 heteroatoms. The van der Waals surface area contributed by atoms with Crippen LogP contribution < -0.4 is 24.9 Å². The van der Waals surface area contributed by atoms with Crippen LogP contribution in [-0.4, -0.2) is 165 Å². The van der Waals surface area contributed by atoms with Crippen molar-refractivity contribution < 1.29 is 93.2 Å². The molecule has 9 aromatic carbocycles. The Hall–Kier alpha value is -8.05. The number of sulfone groups is 2. The molecule has 4 amide bonds. The van der Waals surface area contributed by atoms with Gasteiger partial charge in [-0.25, -0.2) is 42.1 Å². The number of sulfonamides is 1. The first-order valence-corrected chi connectivity index (χ1v) is 39.7. The van der Waals surface area contributed by atoms with Crippen LogP contribution in [0.1, 0.15) is 33.6 Å². The number of ether oxygens (including phenoxy) is 2. The summed E-state index contributed by atoms with van der Waals surface area (Å²) in [5.41, 5.74) is 0.371. The average molecular weight is 1460 g/mol. The van der Waals surface area contributed by atoms with Gasteiger partial charge in [0.1, 0.15) is 41.4 Å². The molecule has 4 N–H and O–H groups in total. The van der Waals surface area contributed by atoms with Crippen molar-refractivity contribution in [2.75, 3.05) is 65.0 Å². The number of nitrogens with zero attached hydrogens (tertiary/aromatic N) is 2. The maximum Gasteiger partial charge on any atom is 0.339 e. The van der Waals surface area contributed by atoms with Gasteiger partial charge in [-0.05, 0) is 62.2 Å². The Balaban J connectivity index is 0.000000241. The fourth-order valence-corrected chi connectivity index (χ4v) is 18.0. The monoisotopic (exact) mass is 1460 g/mol. The van der Waals surface area contributed by atoms with Crippen molar-refractivity contribution in [3.8, 4) is 17.2 Å². The molecule has 1 aliphatic rings. The Morgan fingerprint density at radius 1 is 0.579 bits per heavy atom. The highest BCUT2D eigenvalue weighted by Crippen LogP contribution is 2.48. The maximum atomic E-state index is 14.3. The minimum Gasteiger partial charge on any atom is -0.507 e. The van der Waals surface area contributed by atoms with Crippen molar-refractivity contribution in [3.63, 3.8) is 0 Å². The van der Waals surface area contributed by atoms with Crippen molar-refractivity contribution in [3.05, 3.63) is 115 Å². The van der Waals surface area contributed by atoms with E-state index in [0.717, 1.165) is 48.0 Å². The number of benzene rings is 9. The first kappa shape index (κ1) is 71.2. The highest BCUT2D eigenvalue weighted by atomic mass is 35.7. The number of halogens is 2. The van der Waals surface area contributed by atoms with Crippen LogP contribution in [0, 0.1) is 0 Å². The van der Waals surface area contributed by atoms with Gasteiger partial charge in [0.2, 0.25) is 33.7 Å². The summed E-state index contributed by atoms with van der Waals surface area (Å²) in [6.07, 6.45) is 2.65. The standard InChI is InChI=1S/C37H45N5O12S3.C24H14Cl2O9S3/c1-6-27(37(47)39-13-7-12-38-36(46)22(2)3)40-32(44)20-54-21-33(45)41-14-16-42(17-15-41)57(52,53)31-19-30(56(5,50)51)25-9-8-23-28(43)18-29(55(4,48)49)24-10-11-26(31)35(25)34(23)24;1-13(27)34-19-11-22(38(32,33)35-14-5-3-2-4-6-14)18-10-9-17-21(37(26,30)31)12-20(36(25,28)29)16-8-7-15(19)23(18)24(16)17/h8-11,18-19,27,43H,2,6-7,12-17,20-21H2,1,3-5H3,(H,38,46)(H,39,47)(H,40,44);2-12H,1H3. The van der Waals surface area contributed by atoms with Gasteiger partial charge < -0.3 is 39.6 Å². The van der Waals surface area contributed by atoms with E-state index >= 15 is 0 Å². The van der Waals surface area contributed by atoms with Crippen molar-refractivity contribution in [1.29, 1.82) is 0 Å². The van der Waals surface area contributed by atoms with Crippen LogP contribution >= 0.6 is 21.4 Å². The highest BCUT2D eigenvalue weighted by Gasteiger charge is 2.36. The fraction of sp³-hybridized carbons (Fsp3) is 0.262. The number of nitrogens with one attached hydrogen (secondary N) is 3. The summed E-state index contributed by atoms with van der Waals surface area (Å²) in [4.78, 5) is 60.5. The van der Waals surface area contributed by atoms with Gasteiger partial charge in [0.05, 0.1) is 24.5 Å². The SMILES string of the molecule is C=C(C)C(=O)NCCCNC(=O)C(CC)NC(=O)COCC(=O)N1CCN(S(=O)(=O)c2cc(S(C)(=O)=O)c3ccc4c(O)cc(S(C)(=O)=O)c5ccc2c3c45)CC1.CC(=O)Oc1cc(S(=O)(=O)Oc2ccccc2)c2ccc3c(S(=O)(=O)Cl)cc(S(=O)(=O)Cl)c4ccc1c2c43. The molecule has 1 unspecified atom stereocenters. The van der Waals surface area contributed by atoms with Gasteiger partial charge >= 0.3 is 16.1 Å². The third-order valence-electron chi connectivity index (χ3n) is 15.4. The second kappa shape index (κ2) is 27.2. The first-order chi connectivity index (χ1) is 44.3. The molecule has 9 aromatic rings. The van der Waals surface area contributed by atoms with E-state index in [9.17, 15) is 79.6 Å². The lowest BCUT2D eigenvalue weighted by Crippen LogP contribution is -2.51. The number of hydrogen-bond donors (Lipinski definition) is 4. The van der Waals surface area contributed by atoms with E-state index in [2.05, 4.69) is 22.5 Å². The van der Waals surface area contributed by atoms with E-state index in [-0.39, 0.29) is 142 Å². The lowest BCUT2D eigenvalue weighted by atomic mass is 9.93. The Kier molecular flexibility index (Phi) is 20.4. The molecule has 26 nitrogen and oxygen atoms in total. The van der Waals surface area contributed by atoms with Crippen LogP contribution in [0.25, 0.3) is 64.6 Å². The van der Waals surface area contributed by atoms with Gasteiger partial charge in [0.25, 0.3) is 18.1 Å². The minimum atomic E-state index is -4.55. The van der Waals surface area contributed by atoms with Crippen molar-refractivity contribution >= 4 is 174 Å². The highest BCUT2D eigenvalue weighted by molar-refractivity contribution is 8.14. The number of esters is 1. The van der Waals surface area contributed by atoms with E-state index in [1.807, 2.05) is 0 Å². The molecule has 504 valence electrons. The number of para-hydroxylation sites is 1. The van der Waals surface area contributed by atoms with Crippen LogP contribution in [0.3, 0.4) is 0 Å². The average Bonchev–Trinajstić information content (AvgIpc) is 0.713.